The van der Waals surface area contributed by atoms with Crippen LogP contribution in [0.4, 0.5) is 0 Å². The lowest BCUT2D eigenvalue weighted by Gasteiger charge is -2.32. The Morgan fingerprint density at radius 2 is 1.54 bits per heavy atom. The Kier molecular flexibility index (Phi) is 4.14. The molecule has 0 radical (unpaired) electrons. The van der Waals surface area contributed by atoms with Crippen molar-refractivity contribution >= 4 is 0 Å². The van der Waals surface area contributed by atoms with Crippen LogP contribution in [-0.2, 0) is 0 Å². The highest BCUT2D eigenvalue weighted by Gasteiger charge is 2.31. The van der Waals surface area contributed by atoms with Crippen LogP contribution in [-0.4, -0.2) is 22.4 Å². The molecule has 0 aromatic carbocycles. The van der Waals surface area contributed by atoms with Crippen LogP contribution in [0, 0.1) is 11.3 Å². The zero-order chi connectivity index (χ0) is 10.8. The van der Waals surface area contributed by atoms with Crippen molar-refractivity contribution in [1.29, 1.82) is 0 Å². The summed E-state index contributed by atoms with van der Waals surface area (Å²) in [4.78, 5) is 0. The van der Waals surface area contributed by atoms with Crippen LogP contribution in [0.3, 0.4) is 0 Å². The minimum absolute atomic E-state index is 0.201. The van der Waals surface area contributed by atoms with Crippen molar-refractivity contribution in [3.8, 4) is 0 Å². The predicted octanol–water partition coefficient (Wildman–Crippen LogP) is 1.97. The summed E-state index contributed by atoms with van der Waals surface area (Å²) in [5, 5.41) is 19.5. The molecule has 2 heteroatoms. The molecule has 78 valence electrons. The maximum Gasteiger partial charge on any atom is 0.101 e. The van der Waals surface area contributed by atoms with Gasteiger partial charge in [-0.05, 0) is 16.9 Å². The van der Waals surface area contributed by atoms with Crippen molar-refractivity contribution in [2.45, 2.75) is 46.8 Å². The van der Waals surface area contributed by atoms with Crippen LogP contribution in [0.5, 0.6) is 0 Å². The van der Waals surface area contributed by atoms with E-state index >= 15 is 0 Å². The summed E-state index contributed by atoms with van der Waals surface area (Å²) in [5.74, 6) is 0.201. The van der Waals surface area contributed by atoms with Crippen LogP contribution in [0.25, 0.3) is 0 Å². The molecule has 0 aliphatic rings. The van der Waals surface area contributed by atoms with E-state index in [0.29, 0.717) is 5.57 Å². The highest BCUT2D eigenvalue weighted by molar-refractivity contribution is 5.08. The molecule has 2 unspecified atom stereocenters. The van der Waals surface area contributed by atoms with Crippen LogP contribution >= 0.6 is 0 Å². The Morgan fingerprint density at radius 1 is 1.15 bits per heavy atom. The molecule has 0 amide bonds. The van der Waals surface area contributed by atoms with E-state index in [9.17, 15) is 10.2 Å². The molecule has 2 nitrogen and oxygen atoms in total. The van der Waals surface area contributed by atoms with Crippen LogP contribution in [0.1, 0.15) is 34.6 Å². The van der Waals surface area contributed by atoms with Gasteiger partial charge < -0.3 is 10.2 Å². The van der Waals surface area contributed by atoms with Gasteiger partial charge in [0.2, 0.25) is 0 Å². The average Bonchev–Trinajstić information content (AvgIpc) is 1.98. The molecular formula is C11H22O2. The first-order valence-electron chi connectivity index (χ1n) is 4.72. The van der Waals surface area contributed by atoms with Gasteiger partial charge in [-0.3, -0.25) is 0 Å². The van der Waals surface area contributed by atoms with Gasteiger partial charge in [0.25, 0.3) is 0 Å². The Hall–Kier alpha value is -0.340. The highest BCUT2D eigenvalue weighted by Crippen LogP contribution is 2.26. The molecule has 0 heterocycles. The van der Waals surface area contributed by atoms with Gasteiger partial charge in [-0.1, -0.05) is 41.2 Å². The van der Waals surface area contributed by atoms with E-state index < -0.39 is 12.2 Å². The van der Waals surface area contributed by atoms with Gasteiger partial charge in [-0.2, -0.15) is 0 Å². The normalized spacial score (nSPS) is 17.2. The van der Waals surface area contributed by atoms with E-state index in [1.807, 2.05) is 34.6 Å². The van der Waals surface area contributed by atoms with Crippen molar-refractivity contribution in [3.63, 3.8) is 0 Å². The van der Waals surface area contributed by atoms with Gasteiger partial charge in [0, 0.05) is 0 Å². The molecule has 0 rings (SSSR count). The molecule has 0 aliphatic heterocycles. The van der Waals surface area contributed by atoms with E-state index in [-0.39, 0.29) is 11.3 Å². The molecular weight excluding hydrogens is 164 g/mol. The van der Waals surface area contributed by atoms with E-state index in [4.69, 9.17) is 0 Å². The summed E-state index contributed by atoms with van der Waals surface area (Å²) >= 11 is 0. The fourth-order valence-electron chi connectivity index (χ4n) is 1.02. The van der Waals surface area contributed by atoms with Gasteiger partial charge in [0.05, 0.1) is 6.10 Å². The fraction of sp³-hybridized carbons (Fsp3) is 0.818. The maximum atomic E-state index is 9.76. The minimum atomic E-state index is -0.819. The molecule has 2 atom stereocenters. The molecule has 0 spiro atoms. The first kappa shape index (κ1) is 12.7. The number of hydrogen-bond acceptors (Lipinski definition) is 2. The van der Waals surface area contributed by atoms with E-state index in [1.165, 1.54) is 0 Å². The van der Waals surface area contributed by atoms with Crippen LogP contribution in [0.15, 0.2) is 12.2 Å². The predicted molar refractivity (Wildman–Crippen MR) is 55.4 cm³/mol. The summed E-state index contributed by atoms with van der Waals surface area (Å²) in [5.41, 5.74) is 0.388. The van der Waals surface area contributed by atoms with Crippen LogP contribution in [0.2, 0.25) is 0 Å². The first-order valence-corrected chi connectivity index (χ1v) is 4.72. The van der Waals surface area contributed by atoms with Gasteiger partial charge in [0.15, 0.2) is 0 Å². The summed E-state index contributed by atoms with van der Waals surface area (Å²) < 4.78 is 0. The monoisotopic (exact) mass is 186 g/mol. The standard InChI is InChI=1S/C11H22O2/c1-7(2)8(3)9(12)10(13)11(4,5)6/h7,9-10,12-13H,3H2,1-2,4-6H3. The second-order valence-electron chi connectivity index (χ2n) is 4.99. The second kappa shape index (κ2) is 4.25. The molecule has 0 bridgehead atoms. The van der Waals surface area contributed by atoms with Gasteiger partial charge in [0.1, 0.15) is 6.10 Å². The SMILES string of the molecule is C=C(C(C)C)C(O)C(O)C(C)(C)C. The largest absolute Gasteiger partial charge is 0.390 e. The topological polar surface area (TPSA) is 40.5 Å². The molecule has 0 aromatic rings. The third kappa shape index (κ3) is 3.49. The lowest BCUT2D eigenvalue weighted by molar-refractivity contribution is -0.0298. The maximum absolute atomic E-state index is 9.76. The van der Waals surface area contributed by atoms with Gasteiger partial charge in [-0.25, -0.2) is 0 Å². The number of aliphatic hydroxyl groups excluding tert-OH is 2. The number of aliphatic hydroxyl groups is 2. The van der Waals surface area contributed by atoms with E-state index in [2.05, 4.69) is 6.58 Å². The summed E-state index contributed by atoms with van der Waals surface area (Å²) in [6.07, 6.45) is -1.57. The Bertz CT molecular complexity index is 177. The van der Waals surface area contributed by atoms with Gasteiger partial charge in [-0.15, -0.1) is 0 Å². The quantitative estimate of drug-likeness (QED) is 0.661. The molecule has 0 saturated heterocycles. The van der Waals surface area contributed by atoms with Crippen molar-refractivity contribution < 1.29 is 10.2 Å². The van der Waals surface area contributed by atoms with Crippen LogP contribution < -0.4 is 0 Å². The third-order valence-corrected chi connectivity index (χ3v) is 2.31. The first-order chi connectivity index (χ1) is 5.68. The fourth-order valence-corrected chi connectivity index (χ4v) is 1.02. The number of rotatable bonds is 3. The Labute approximate surface area is 81.3 Å². The molecule has 2 N–H and O–H groups in total. The smallest absolute Gasteiger partial charge is 0.101 e. The Balaban J connectivity index is 4.43. The van der Waals surface area contributed by atoms with E-state index in [0.717, 1.165) is 0 Å². The molecule has 13 heavy (non-hydrogen) atoms. The number of hydrogen-bond donors (Lipinski definition) is 2. The molecule has 0 aliphatic carbocycles. The zero-order valence-electron chi connectivity index (χ0n) is 9.33. The third-order valence-electron chi connectivity index (χ3n) is 2.31. The van der Waals surface area contributed by atoms with Crippen molar-refractivity contribution in [1.82, 2.24) is 0 Å². The average molecular weight is 186 g/mol. The lowest BCUT2D eigenvalue weighted by atomic mass is 9.81. The Morgan fingerprint density at radius 3 is 1.77 bits per heavy atom. The highest BCUT2D eigenvalue weighted by atomic mass is 16.3. The van der Waals surface area contributed by atoms with E-state index in [1.54, 1.807) is 0 Å². The minimum Gasteiger partial charge on any atom is -0.390 e. The van der Waals surface area contributed by atoms with Crippen molar-refractivity contribution in [2.24, 2.45) is 11.3 Å². The summed E-state index contributed by atoms with van der Waals surface area (Å²) in [6.45, 7) is 13.4. The zero-order valence-corrected chi connectivity index (χ0v) is 9.33. The van der Waals surface area contributed by atoms with Gasteiger partial charge >= 0.3 is 0 Å². The lowest BCUT2D eigenvalue weighted by Crippen LogP contribution is -2.39. The molecule has 0 aromatic heterocycles. The van der Waals surface area contributed by atoms with Crippen molar-refractivity contribution in [2.75, 3.05) is 0 Å². The molecule has 0 fully saturated rings. The second-order valence-corrected chi connectivity index (χ2v) is 4.99. The molecule has 0 saturated carbocycles. The summed E-state index contributed by atoms with van der Waals surface area (Å²) in [6, 6.07) is 0. The van der Waals surface area contributed by atoms with Crippen molar-refractivity contribution in [3.05, 3.63) is 12.2 Å². The summed E-state index contributed by atoms with van der Waals surface area (Å²) in [7, 11) is 0.